The number of rotatable bonds is 3. The second-order valence-electron chi connectivity index (χ2n) is 4.02. The first-order chi connectivity index (χ1) is 8.08. The number of nitrogens with zero attached hydrogens (tertiary/aromatic N) is 1. The molecule has 17 heavy (non-hydrogen) atoms. The summed E-state index contributed by atoms with van der Waals surface area (Å²) in [5.41, 5.74) is 2.60. The average molecular weight is 247 g/mol. The Balaban J connectivity index is 2.23. The number of thiazole rings is 1. The molecule has 1 heterocycles. The molecular weight excluding hydrogens is 234 g/mol. The monoisotopic (exact) mass is 247 g/mol. The van der Waals surface area contributed by atoms with Gasteiger partial charge in [0.15, 0.2) is 5.78 Å². The zero-order chi connectivity index (χ0) is 12.4. The topological polar surface area (TPSA) is 39.1 Å². The summed E-state index contributed by atoms with van der Waals surface area (Å²) in [4.78, 5) is 23.4. The third kappa shape index (κ3) is 2.53. The summed E-state index contributed by atoms with van der Waals surface area (Å²) in [7, 11) is 0. The number of hydrogen-bond acceptors (Lipinski definition) is 3. The van der Waals surface area contributed by atoms with E-state index in [2.05, 4.69) is 0 Å². The predicted molar refractivity (Wildman–Crippen MR) is 68.8 cm³/mol. The van der Waals surface area contributed by atoms with Gasteiger partial charge >= 0.3 is 4.87 Å². The van der Waals surface area contributed by atoms with Crippen LogP contribution in [0, 0.1) is 13.8 Å². The van der Waals surface area contributed by atoms with Gasteiger partial charge in [-0.3, -0.25) is 14.2 Å². The standard InChI is InChI=1S/C13H13NO2S/c1-9-3-5-11(6-4-9)12(15)7-14-10(2)8-17-13(14)16/h3-6,8H,7H2,1-2H3. The maximum atomic E-state index is 12.0. The molecule has 0 aliphatic rings. The normalized spacial score (nSPS) is 10.5. The highest BCUT2D eigenvalue weighted by molar-refractivity contribution is 7.07. The summed E-state index contributed by atoms with van der Waals surface area (Å²) in [5, 5.41) is 1.77. The Kier molecular flexibility index (Phi) is 3.24. The lowest BCUT2D eigenvalue weighted by Crippen LogP contribution is -2.20. The molecule has 0 saturated carbocycles. The molecule has 4 heteroatoms. The summed E-state index contributed by atoms with van der Waals surface area (Å²) < 4.78 is 1.51. The van der Waals surface area contributed by atoms with Crippen LogP contribution in [0.2, 0.25) is 0 Å². The maximum Gasteiger partial charge on any atom is 0.307 e. The molecule has 0 fully saturated rings. The van der Waals surface area contributed by atoms with Gasteiger partial charge in [0.1, 0.15) is 0 Å². The van der Waals surface area contributed by atoms with E-state index in [0.717, 1.165) is 22.6 Å². The highest BCUT2D eigenvalue weighted by atomic mass is 32.1. The number of carbonyl (C=O) groups is 1. The smallest absolute Gasteiger partial charge is 0.296 e. The largest absolute Gasteiger partial charge is 0.307 e. The van der Waals surface area contributed by atoms with E-state index in [-0.39, 0.29) is 17.2 Å². The molecule has 3 nitrogen and oxygen atoms in total. The summed E-state index contributed by atoms with van der Waals surface area (Å²) in [5.74, 6) is -0.0337. The molecule has 0 aliphatic carbocycles. The summed E-state index contributed by atoms with van der Waals surface area (Å²) in [6.07, 6.45) is 0. The lowest BCUT2D eigenvalue weighted by Gasteiger charge is -2.04. The molecule has 2 rings (SSSR count). The Bertz CT molecular complexity index is 593. The number of hydrogen-bond donors (Lipinski definition) is 0. The Labute approximate surface area is 103 Å². The second kappa shape index (κ2) is 4.67. The zero-order valence-corrected chi connectivity index (χ0v) is 10.6. The van der Waals surface area contributed by atoms with Crippen LogP contribution in [-0.2, 0) is 6.54 Å². The highest BCUT2D eigenvalue weighted by Gasteiger charge is 2.10. The highest BCUT2D eigenvalue weighted by Crippen LogP contribution is 2.07. The van der Waals surface area contributed by atoms with E-state index < -0.39 is 0 Å². The van der Waals surface area contributed by atoms with Gasteiger partial charge in [-0.15, -0.1) is 0 Å². The molecule has 0 bridgehead atoms. The van der Waals surface area contributed by atoms with Crippen molar-refractivity contribution in [3.8, 4) is 0 Å². The lowest BCUT2D eigenvalue weighted by atomic mass is 10.1. The van der Waals surface area contributed by atoms with Crippen LogP contribution in [0.5, 0.6) is 0 Å². The molecule has 1 aromatic carbocycles. The van der Waals surface area contributed by atoms with Crippen molar-refractivity contribution in [1.82, 2.24) is 4.57 Å². The van der Waals surface area contributed by atoms with Gasteiger partial charge in [-0.05, 0) is 13.8 Å². The van der Waals surface area contributed by atoms with Gasteiger partial charge in [-0.1, -0.05) is 41.2 Å². The van der Waals surface area contributed by atoms with E-state index in [1.54, 1.807) is 17.5 Å². The van der Waals surface area contributed by atoms with Crippen LogP contribution in [0.1, 0.15) is 21.6 Å². The molecule has 2 aromatic rings. The van der Waals surface area contributed by atoms with Crippen LogP contribution in [0.25, 0.3) is 0 Å². The zero-order valence-electron chi connectivity index (χ0n) is 9.77. The van der Waals surface area contributed by atoms with Crippen molar-refractivity contribution < 1.29 is 4.79 Å². The number of Topliss-reactive ketones (excluding diaryl/α,β-unsaturated/α-hetero) is 1. The van der Waals surface area contributed by atoms with Crippen molar-refractivity contribution in [2.45, 2.75) is 20.4 Å². The van der Waals surface area contributed by atoms with Crippen molar-refractivity contribution in [2.75, 3.05) is 0 Å². The van der Waals surface area contributed by atoms with Crippen LogP contribution < -0.4 is 4.87 Å². The van der Waals surface area contributed by atoms with Crippen molar-refractivity contribution in [3.63, 3.8) is 0 Å². The number of aromatic nitrogens is 1. The van der Waals surface area contributed by atoms with Crippen LogP contribution in [-0.4, -0.2) is 10.4 Å². The van der Waals surface area contributed by atoms with E-state index in [1.165, 1.54) is 4.57 Å². The number of aryl methyl sites for hydroxylation is 2. The molecule has 0 N–H and O–H groups in total. The maximum absolute atomic E-state index is 12.0. The number of carbonyl (C=O) groups excluding carboxylic acids is 1. The van der Waals surface area contributed by atoms with Crippen LogP contribution in [0.3, 0.4) is 0 Å². The van der Waals surface area contributed by atoms with Gasteiger partial charge in [0, 0.05) is 16.6 Å². The molecular formula is C13H13NO2S. The van der Waals surface area contributed by atoms with E-state index in [9.17, 15) is 9.59 Å². The predicted octanol–water partition coefficient (Wildman–Crippen LogP) is 2.41. The summed E-state index contributed by atoms with van der Waals surface area (Å²) in [6, 6.07) is 7.39. The minimum Gasteiger partial charge on any atom is -0.296 e. The van der Waals surface area contributed by atoms with E-state index in [0.29, 0.717) is 5.56 Å². The molecule has 1 aromatic heterocycles. The second-order valence-corrected chi connectivity index (χ2v) is 4.84. The number of ketones is 1. The van der Waals surface area contributed by atoms with Gasteiger partial charge in [0.05, 0.1) is 6.54 Å². The number of benzene rings is 1. The molecule has 0 aliphatic heterocycles. The minimum absolute atomic E-state index is 0.0337. The van der Waals surface area contributed by atoms with Crippen molar-refractivity contribution in [1.29, 1.82) is 0 Å². The van der Waals surface area contributed by atoms with Gasteiger partial charge in [0.2, 0.25) is 0 Å². The molecule has 0 amide bonds. The quantitative estimate of drug-likeness (QED) is 0.781. The average Bonchev–Trinajstić information content (AvgIpc) is 2.61. The van der Waals surface area contributed by atoms with Crippen LogP contribution >= 0.6 is 11.3 Å². The minimum atomic E-state index is -0.0806. The van der Waals surface area contributed by atoms with Crippen LogP contribution in [0.15, 0.2) is 34.4 Å². The van der Waals surface area contributed by atoms with Gasteiger partial charge in [-0.2, -0.15) is 0 Å². The van der Waals surface area contributed by atoms with Gasteiger partial charge < -0.3 is 0 Å². The van der Waals surface area contributed by atoms with Gasteiger partial charge in [-0.25, -0.2) is 0 Å². The first-order valence-electron chi connectivity index (χ1n) is 5.33. The SMILES string of the molecule is Cc1ccc(C(=O)Cn2c(C)csc2=O)cc1. The molecule has 0 saturated heterocycles. The Morgan fingerprint density at radius 2 is 1.88 bits per heavy atom. The Morgan fingerprint density at radius 1 is 1.24 bits per heavy atom. The fraction of sp³-hybridized carbons (Fsp3) is 0.231. The fourth-order valence-electron chi connectivity index (χ4n) is 1.57. The van der Waals surface area contributed by atoms with E-state index in [1.807, 2.05) is 26.0 Å². The van der Waals surface area contributed by atoms with Crippen molar-refractivity contribution in [2.24, 2.45) is 0 Å². The molecule has 0 radical (unpaired) electrons. The van der Waals surface area contributed by atoms with Gasteiger partial charge in [0.25, 0.3) is 0 Å². The summed E-state index contributed by atoms with van der Waals surface area (Å²) >= 11 is 1.13. The Morgan fingerprint density at radius 3 is 2.41 bits per heavy atom. The molecule has 0 unspecified atom stereocenters. The third-order valence-corrected chi connectivity index (χ3v) is 3.53. The third-order valence-electron chi connectivity index (χ3n) is 2.65. The first kappa shape index (κ1) is 11.8. The molecule has 0 atom stereocenters. The Hall–Kier alpha value is -1.68. The van der Waals surface area contributed by atoms with Crippen molar-refractivity contribution in [3.05, 3.63) is 56.1 Å². The molecule has 88 valence electrons. The summed E-state index contributed by atoms with van der Waals surface area (Å²) in [6.45, 7) is 3.93. The molecule has 0 spiro atoms. The van der Waals surface area contributed by atoms with E-state index >= 15 is 0 Å². The van der Waals surface area contributed by atoms with E-state index in [4.69, 9.17) is 0 Å². The first-order valence-corrected chi connectivity index (χ1v) is 6.20. The van der Waals surface area contributed by atoms with Crippen molar-refractivity contribution >= 4 is 17.1 Å². The lowest BCUT2D eigenvalue weighted by molar-refractivity contribution is 0.0970. The van der Waals surface area contributed by atoms with Crippen LogP contribution in [0.4, 0.5) is 0 Å². The fourth-order valence-corrected chi connectivity index (χ4v) is 2.30.